The first-order valence-electron chi connectivity index (χ1n) is 5.76. The molecule has 1 rings (SSSR count). The van der Waals surface area contributed by atoms with Crippen LogP contribution in [-0.4, -0.2) is 36.2 Å². The number of benzene rings is 1. The van der Waals surface area contributed by atoms with Gasteiger partial charge >= 0.3 is 5.97 Å². The summed E-state index contributed by atoms with van der Waals surface area (Å²) in [5.74, 6) is -0.173. The molecule has 0 bridgehead atoms. The Morgan fingerprint density at radius 1 is 1.50 bits per heavy atom. The van der Waals surface area contributed by atoms with Crippen LogP contribution in [0.1, 0.15) is 18.1 Å². The molecule has 1 N–H and O–H groups in total. The SMILES string of the molecule is CCOc1cc(C)c(CN(C)CC(=O)O)cc1Cl. The zero-order valence-electron chi connectivity index (χ0n) is 10.9. The zero-order valence-corrected chi connectivity index (χ0v) is 11.6. The van der Waals surface area contributed by atoms with Crippen molar-refractivity contribution in [2.45, 2.75) is 20.4 Å². The van der Waals surface area contributed by atoms with Gasteiger partial charge in [0.2, 0.25) is 0 Å². The smallest absolute Gasteiger partial charge is 0.317 e. The molecule has 1 aromatic carbocycles. The highest BCUT2D eigenvalue weighted by Gasteiger charge is 2.10. The van der Waals surface area contributed by atoms with Gasteiger partial charge in [0.25, 0.3) is 0 Å². The van der Waals surface area contributed by atoms with E-state index in [0.29, 0.717) is 23.9 Å². The first-order chi connectivity index (χ1) is 8.43. The fraction of sp³-hybridized carbons (Fsp3) is 0.462. The monoisotopic (exact) mass is 271 g/mol. The minimum Gasteiger partial charge on any atom is -0.492 e. The first kappa shape index (κ1) is 14.8. The Kier molecular flexibility index (Phi) is 5.44. The number of carboxylic acid groups (broad SMARTS) is 1. The highest BCUT2D eigenvalue weighted by atomic mass is 35.5. The Bertz CT molecular complexity index is 434. The van der Waals surface area contributed by atoms with Gasteiger partial charge in [0.1, 0.15) is 5.75 Å². The number of halogens is 1. The van der Waals surface area contributed by atoms with Gasteiger partial charge in [-0.25, -0.2) is 0 Å². The maximum absolute atomic E-state index is 10.6. The van der Waals surface area contributed by atoms with Crippen LogP contribution in [-0.2, 0) is 11.3 Å². The predicted octanol–water partition coefficient (Wildman–Crippen LogP) is 2.56. The second kappa shape index (κ2) is 6.61. The number of ether oxygens (including phenoxy) is 1. The predicted molar refractivity (Wildman–Crippen MR) is 71.3 cm³/mol. The van der Waals surface area contributed by atoms with E-state index in [1.54, 1.807) is 11.9 Å². The molecule has 0 amide bonds. The molecule has 0 saturated carbocycles. The number of carboxylic acids is 1. The van der Waals surface area contributed by atoms with Crippen molar-refractivity contribution >= 4 is 17.6 Å². The molecule has 0 unspecified atom stereocenters. The van der Waals surface area contributed by atoms with Crippen LogP contribution in [0.5, 0.6) is 5.75 Å². The van der Waals surface area contributed by atoms with Crippen LogP contribution in [0.4, 0.5) is 0 Å². The topological polar surface area (TPSA) is 49.8 Å². The van der Waals surface area contributed by atoms with Crippen molar-refractivity contribution in [1.82, 2.24) is 4.90 Å². The van der Waals surface area contributed by atoms with Crippen LogP contribution < -0.4 is 4.74 Å². The van der Waals surface area contributed by atoms with Gasteiger partial charge in [0, 0.05) is 6.54 Å². The number of aliphatic carboxylic acids is 1. The number of hydrogen-bond donors (Lipinski definition) is 1. The van der Waals surface area contributed by atoms with E-state index in [1.807, 2.05) is 26.0 Å². The molecular formula is C13H18ClNO3. The number of carbonyl (C=O) groups is 1. The van der Waals surface area contributed by atoms with Gasteiger partial charge in [-0.3, -0.25) is 9.69 Å². The van der Waals surface area contributed by atoms with Crippen molar-refractivity contribution < 1.29 is 14.6 Å². The number of nitrogens with zero attached hydrogens (tertiary/aromatic N) is 1. The van der Waals surface area contributed by atoms with E-state index >= 15 is 0 Å². The molecule has 0 fully saturated rings. The summed E-state index contributed by atoms with van der Waals surface area (Å²) in [6.45, 7) is 4.98. The van der Waals surface area contributed by atoms with Gasteiger partial charge < -0.3 is 9.84 Å². The number of hydrogen-bond acceptors (Lipinski definition) is 3. The average Bonchev–Trinajstić information content (AvgIpc) is 2.24. The van der Waals surface area contributed by atoms with Gasteiger partial charge in [-0.05, 0) is 44.2 Å². The molecule has 0 atom stereocenters. The van der Waals surface area contributed by atoms with Crippen molar-refractivity contribution in [2.24, 2.45) is 0 Å². The van der Waals surface area contributed by atoms with E-state index in [0.717, 1.165) is 11.1 Å². The molecule has 0 aromatic heterocycles. The van der Waals surface area contributed by atoms with Gasteiger partial charge in [-0.2, -0.15) is 0 Å². The third kappa shape index (κ3) is 4.20. The fourth-order valence-electron chi connectivity index (χ4n) is 1.71. The van der Waals surface area contributed by atoms with Gasteiger partial charge in [0.15, 0.2) is 0 Å². The van der Waals surface area contributed by atoms with Crippen LogP contribution in [0.15, 0.2) is 12.1 Å². The Hall–Kier alpha value is -1.26. The van der Waals surface area contributed by atoms with Crippen LogP contribution >= 0.6 is 11.6 Å². The molecular weight excluding hydrogens is 254 g/mol. The molecule has 0 aliphatic rings. The highest BCUT2D eigenvalue weighted by molar-refractivity contribution is 6.32. The summed E-state index contributed by atoms with van der Waals surface area (Å²) in [6, 6.07) is 3.72. The summed E-state index contributed by atoms with van der Waals surface area (Å²) in [5, 5.41) is 9.27. The summed E-state index contributed by atoms with van der Waals surface area (Å²) in [4.78, 5) is 12.3. The largest absolute Gasteiger partial charge is 0.492 e. The van der Waals surface area contributed by atoms with Crippen molar-refractivity contribution in [1.29, 1.82) is 0 Å². The van der Waals surface area contributed by atoms with E-state index in [9.17, 15) is 4.79 Å². The molecule has 4 nitrogen and oxygen atoms in total. The quantitative estimate of drug-likeness (QED) is 0.864. The number of rotatable bonds is 6. The standard InChI is InChI=1S/C13H18ClNO3/c1-4-18-12-5-9(2)10(6-11(12)14)7-15(3)8-13(16)17/h5-6H,4,7-8H2,1-3H3,(H,16,17). The summed E-state index contributed by atoms with van der Waals surface area (Å²) in [5.41, 5.74) is 2.05. The molecule has 0 aliphatic heterocycles. The highest BCUT2D eigenvalue weighted by Crippen LogP contribution is 2.28. The Balaban J connectivity index is 2.84. The molecule has 0 radical (unpaired) electrons. The van der Waals surface area contributed by atoms with E-state index in [4.69, 9.17) is 21.4 Å². The molecule has 0 aliphatic carbocycles. The van der Waals surface area contributed by atoms with Crippen molar-refractivity contribution in [3.63, 3.8) is 0 Å². The van der Waals surface area contributed by atoms with E-state index < -0.39 is 5.97 Å². The molecule has 100 valence electrons. The second-order valence-electron chi connectivity index (χ2n) is 4.21. The normalized spacial score (nSPS) is 10.7. The molecule has 0 heterocycles. The van der Waals surface area contributed by atoms with Crippen molar-refractivity contribution in [2.75, 3.05) is 20.2 Å². The maximum Gasteiger partial charge on any atom is 0.317 e. The third-order valence-corrected chi connectivity index (χ3v) is 2.83. The van der Waals surface area contributed by atoms with E-state index in [-0.39, 0.29) is 6.54 Å². The third-order valence-electron chi connectivity index (χ3n) is 2.54. The molecule has 5 heteroatoms. The molecule has 0 saturated heterocycles. The van der Waals surface area contributed by atoms with Crippen LogP contribution in [0.25, 0.3) is 0 Å². The molecule has 0 spiro atoms. The lowest BCUT2D eigenvalue weighted by Gasteiger charge is -2.17. The minimum atomic E-state index is -0.841. The summed E-state index contributed by atoms with van der Waals surface area (Å²) >= 11 is 6.11. The average molecular weight is 272 g/mol. The fourth-order valence-corrected chi connectivity index (χ4v) is 1.95. The first-order valence-corrected chi connectivity index (χ1v) is 6.14. The summed E-state index contributed by atoms with van der Waals surface area (Å²) in [7, 11) is 1.76. The van der Waals surface area contributed by atoms with Gasteiger partial charge in [-0.1, -0.05) is 11.6 Å². The number of aryl methyl sites for hydroxylation is 1. The summed E-state index contributed by atoms with van der Waals surface area (Å²) in [6.07, 6.45) is 0. The summed E-state index contributed by atoms with van der Waals surface area (Å²) < 4.78 is 5.40. The molecule has 1 aromatic rings. The van der Waals surface area contributed by atoms with Crippen molar-refractivity contribution in [3.05, 3.63) is 28.3 Å². The number of likely N-dealkylation sites (N-methyl/N-ethyl adjacent to an activating group) is 1. The Morgan fingerprint density at radius 2 is 2.17 bits per heavy atom. The second-order valence-corrected chi connectivity index (χ2v) is 4.62. The lowest BCUT2D eigenvalue weighted by molar-refractivity contribution is -0.138. The van der Waals surface area contributed by atoms with E-state index in [2.05, 4.69) is 0 Å². The maximum atomic E-state index is 10.6. The van der Waals surface area contributed by atoms with Gasteiger partial charge in [-0.15, -0.1) is 0 Å². The van der Waals surface area contributed by atoms with Crippen LogP contribution in [0, 0.1) is 6.92 Å². The molecule has 18 heavy (non-hydrogen) atoms. The Morgan fingerprint density at radius 3 is 2.72 bits per heavy atom. The van der Waals surface area contributed by atoms with Crippen LogP contribution in [0.2, 0.25) is 5.02 Å². The van der Waals surface area contributed by atoms with Crippen molar-refractivity contribution in [3.8, 4) is 5.75 Å². The van der Waals surface area contributed by atoms with Crippen LogP contribution in [0.3, 0.4) is 0 Å². The lowest BCUT2D eigenvalue weighted by atomic mass is 10.1. The van der Waals surface area contributed by atoms with E-state index in [1.165, 1.54) is 0 Å². The van der Waals surface area contributed by atoms with Gasteiger partial charge in [0.05, 0.1) is 18.2 Å². The zero-order chi connectivity index (χ0) is 13.7. The lowest BCUT2D eigenvalue weighted by Crippen LogP contribution is -2.25. The Labute approximate surface area is 112 Å². The minimum absolute atomic E-state index is 0.00424.